The van der Waals surface area contributed by atoms with Crippen molar-refractivity contribution in [1.82, 2.24) is 10.2 Å². The molecule has 0 spiro atoms. The molecule has 1 N–H and O–H groups in total. The second kappa shape index (κ2) is 7.36. The lowest BCUT2D eigenvalue weighted by Gasteiger charge is -2.32. The highest BCUT2D eigenvalue weighted by Gasteiger charge is 2.28. The van der Waals surface area contributed by atoms with Crippen molar-refractivity contribution in [2.24, 2.45) is 5.92 Å². The molecule has 1 atom stereocenters. The zero-order chi connectivity index (χ0) is 13.5. The summed E-state index contributed by atoms with van der Waals surface area (Å²) >= 11 is 0. The Hall–Kier alpha value is -1.10. The topological polar surface area (TPSA) is 58.6 Å². The van der Waals surface area contributed by atoms with Gasteiger partial charge in [0.25, 0.3) is 5.91 Å². The molecule has 0 aliphatic carbocycles. The molecule has 0 aromatic rings. The quantitative estimate of drug-likeness (QED) is 0.791. The number of methoxy groups -OCH3 is 1. The average Bonchev–Trinajstić information content (AvgIpc) is 2.43. The molecule has 0 saturated carbocycles. The highest BCUT2D eigenvalue weighted by atomic mass is 16.5. The van der Waals surface area contributed by atoms with Crippen LogP contribution in [0.4, 0.5) is 0 Å². The Kier molecular flexibility index (Phi) is 6.12. The van der Waals surface area contributed by atoms with Crippen molar-refractivity contribution in [3.63, 3.8) is 0 Å². The van der Waals surface area contributed by atoms with Crippen LogP contribution in [0.5, 0.6) is 0 Å². The van der Waals surface area contributed by atoms with Crippen LogP contribution in [0.25, 0.3) is 0 Å². The monoisotopic (exact) mass is 256 g/mol. The standard InChI is InChI=1S/C13H24N2O3/c1-4-7-14-12(16)11-5-8-15(9-6-11)13(17)10(2)18-3/h10-11H,4-9H2,1-3H3,(H,14,16). The summed E-state index contributed by atoms with van der Waals surface area (Å²) < 4.78 is 5.02. The molecule has 1 fully saturated rings. The van der Waals surface area contributed by atoms with Crippen LogP contribution in [0.2, 0.25) is 0 Å². The Balaban J connectivity index is 2.36. The lowest BCUT2D eigenvalue weighted by molar-refractivity contribution is -0.143. The lowest BCUT2D eigenvalue weighted by atomic mass is 9.95. The third-order valence-corrected chi connectivity index (χ3v) is 3.43. The summed E-state index contributed by atoms with van der Waals surface area (Å²) in [5, 5.41) is 2.91. The number of carbonyl (C=O) groups is 2. The smallest absolute Gasteiger partial charge is 0.251 e. The molecule has 1 aliphatic rings. The number of hydrogen-bond donors (Lipinski definition) is 1. The Morgan fingerprint density at radius 3 is 2.50 bits per heavy atom. The first-order chi connectivity index (χ1) is 8.60. The van der Waals surface area contributed by atoms with Gasteiger partial charge in [-0.25, -0.2) is 0 Å². The third-order valence-electron chi connectivity index (χ3n) is 3.43. The van der Waals surface area contributed by atoms with E-state index < -0.39 is 6.10 Å². The van der Waals surface area contributed by atoms with Gasteiger partial charge < -0.3 is 15.0 Å². The van der Waals surface area contributed by atoms with E-state index in [1.54, 1.807) is 11.8 Å². The van der Waals surface area contributed by atoms with Crippen LogP contribution in [-0.4, -0.2) is 49.6 Å². The number of likely N-dealkylation sites (tertiary alicyclic amines) is 1. The SMILES string of the molecule is CCCNC(=O)C1CCN(C(=O)C(C)OC)CC1. The molecule has 1 aliphatic heterocycles. The van der Waals surface area contributed by atoms with E-state index in [0.29, 0.717) is 13.1 Å². The van der Waals surface area contributed by atoms with E-state index >= 15 is 0 Å². The second-order valence-corrected chi connectivity index (χ2v) is 4.77. The first kappa shape index (κ1) is 15.0. The van der Waals surface area contributed by atoms with Gasteiger partial charge in [0.1, 0.15) is 6.10 Å². The van der Waals surface area contributed by atoms with Crippen molar-refractivity contribution in [2.45, 2.75) is 39.2 Å². The number of nitrogens with zero attached hydrogens (tertiary/aromatic N) is 1. The molecule has 5 nitrogen and oxygen atoms in total. The van der Waals surface area contributed by atoms with Gasteiger partial charge in [-0.15, -0.1) is 0 Å². The van der Waals surface area contributed by atoms with Crippen LogP contribution in [0.1, 0.15) is 33.1 Å². The summed E-state index contributed by atoms with van der Waals surface area (Å²) in [5.74, 6) is 0.201. The molecule has 1 unspecified atom stereocenters. The number of nitrogens with one attached hydrogen (secondary N) is 1. The van der Waals surface area contributed by atoms with Crippen LogP contribution < -0.4 is 5.32 Å². The summed E-state index contributed by atoms with van der Waals surface area (Å²) in [6, 6.07) is 0. The van der Waals surface area contributed by atoms with Gasteiger partial charge in [0.2, 0.25) is 5.91 Å². The van der Waals surface area contributed by atoms with Gasteiger partial charge in [-0.3, -0.25) is 9.59 Å². The molecule has 0 bridgehead atoms. The Bertz CT molecular complexity index is 286. The van der Waals surface area contributed by atoms with Gasteiger partial charge >= 0.3 is 0 Å². The Labute approximate surface area is 109 Å². The highest BCUT2D eigenvalue weighted by Crippen LogP contribution is 2.18. The minimum absolute atomic E-state index is 0.0184. The van der Waals surface area contributed by atoms with Gasteiger partial charge in [-0.05, 0) is 26.2 Å². The second-order valence-electron chi connectivity index (χ2n) is 4.77. The maximum atomic E-state index is 11.9. The fraction of sp³-hybridized carbons (Fsp3) is 0.846. The summed E-state index contributed by atoms with van der Waals surface area (Å²) in [5.41, 5.74) is 0. The number of piperidine rings is 1. The molecular weight excluding hydrogens is 232 g/mol. The minimum atomic E-state index is -0.393. The van der Waals surface area contributed by atoms with Crippen LogP contribution in [-0.2, 0) is 14.3 Å². The minimum Gasteiger partial charge on any atom is -0.372 e. The number of amides is 2. The van der Waals surface area contributed by atoms with Gasteiger partial charge in [-0.1, -0.05) is 6.92 Å². The van der Waals surface area contributed by atoms with Crippen molar-refractivity contribution >= 4 is 11.8 Å². The summed E-state index contributed by atoms with van der Waals surface area (Å²) in [6.07, 6.45) is 2.06. The number of carbonyl (C=O) groups excluding carboxylic acids is 2. The first-order valence-corrected chi connectivity index (χ1v) is 6.69. The lowest BCUT2D eigenvalue weighted by Crippen LogP contribution is -2.46. The van der Waals surface area contributed by atoms with Crippen LogP contribution in [0.15, 0.2) is 0 Å². The first-order valence-electron chi connectivity index (χ1n) is 6.69. The maximum absolute atomic E-state index is 11.9. The van der Waals surface area contributed by atoms with Crippen molar-refractivity contribution in [1.29, 1.82) is 0 Å². The molecular formula is C13H24N2O3. The summed E-state index contributed by atoms with van der Waals surface area (Å²) in [6.45, 7) is 5.82. The van der Waals surface area contributed by atoms with Gasteiger partial charge in [-0.2, -0.15) is 0 Å². The molecule has 1 heterocycles. The fourth-order valence-electron chi connectivity index (χ4n) is 2.11. The maximum Gasteiger partial charge on any atom is 0.251 e. The summed E-state index contributed by atoms with van der Waals surface area (Å²) in [4.78, 5) is 25.5. The largest absolute Gasteiger partial charge is 0.372 e. The van der Waals surface area contributed by atoms with Crippen molar-refractivity contribution < 1.29 is 14.3 Å². The van der Waals surface area contributed by atoms with Crippen LogP contribution in [0, 0.1) is 5.92 Å². The molecule has 0 radical (unpaired) electrons. The van der Waals surface area contributed by atoms with Gasteiger partial charge in [0.15, 0.2) is 0 Å². The van der Waals surface area contributed by atoms with E-state index in [4.69, 9.17) is 4.74 Å². The zero-order valence-electron chi connectivity index (χ0n) is 11.6. The van der Waals surface area contributed by atoms with Crippen molar-refractivity contribution in [3.05, 3.63) is 0 Å². The highest BCUT2D eigenvalue weighted by molar-refractivity contribution is 5.82. The van der Waals surface area contributed by atoms with Crippen molar-refractivity contribution in [3.8, 4) is 0 Å². The Morgan fingerprint density at radius 2 is 2.00 bits per heavy atom. The molecule has 18 heavy (non-hydrogen) atoms. The van der Waals surface area contributed by atoms with E-state index in [1.807, 2.05) is 6.92 Å². The van der Waals surface area contributed by atoms with E-state index in [2.05, 4.69) is 5.32 Å². The van der Waals surface area contributed by atoms with Crippen LogP contribution >= 0.6 is 0 Å². The number of rotatable bonds is 5. The summed E-state index contributed by atoms with van der Waals surface area (Å²) in [7, 11) is 1.54. The fourth-order valence-corrected chi connectivity index (χ4v) is 2.11. The van der Waals surface area contributed by atoms with Crippen molar-refractivity contribution in [2.75, 3.05) is 26.7 Å². The molecule has 1 saturated heterocycles. The van der Waals surface area contributed by atoms with Gasteiger partial charge in [0, 0.05) is 32.7 Å². The van der Waals surface area contributed by atoms with Gasteiger partial charge in [0.05, 0.1) is 0 Å². The van der Waals surface area contributed by atoms with E-state index in [0.717, 1.165) is 25.8 Å². The molecule has 104 valence electrons. The van der Waals surface area contributed by atoms with E-state index in [1.165, 1.54) is 7.11 Å². The number of ether oxygens (including phenoxy) is 1. The molecule has 5 heteroatoms. The van der Waals surface area contributed by atoms with Crippen LogP contribution in [0.3, 0.4) is 0 Å². The van der Waals surface area contributed by atoms with E-state index in [-0.39, 0.29) is 17.7 Å². The molecule has 0 aromatic heterocycles. The predicted molar refractivity (Wildman–Crippen MR) is 69.1 cm³/mol. The molecule has 2 amide bonds. The molecule has 0 aromatic carbocycles. The third kappa shape index (κ3) is 3.98. The average molecular weight is 256 g/mol. The predicted octanol–water partition coefficient (Wildman–Crippen LogP) is 0.786. The Morgan fingerprint density at radius 1 is 1.39 bits per heavy atom. The normalized spacial score (nSPS) is 18.5. The molecule has 1 rings (SSSR count). The number of hydrogen-bond acceptors (Lipinski definition) is 3. The van der Waals surface area contributed by atoms with E-state index in [9.17, 15) is 9.59 Å². The zero-order valence-corrected chi connectivity index (χ0v) is 11.6.